The molecule has 2 aromatic heterocycles. The maximum atomic E-state index is 11.6. The zero-order chi connectivity index (χ0) is 18.1. The maximum absolute atomic E-state index is 11.6. The number of rotatable bonds is 4. The summed E-state index contributed by atoms with van der Waals surface area (Å²) in [4.78, 5) is 20.4. The zero-order valence-corrected chi connectivity index (χ0v) is 14.9. The van der Waals surface area contributed by atoms with Gasteiger partial charge in [0, 0.05) is 34.9 Å². The lowest BCUT2D eigenvalue weighted by molar-refractivity contribution is -0.143. The summed E-state index contributed by atoms with van der Waals surface area (Å²) in [6.45, 7) is 0. The highest BCUT2D eigenvalue weighted by Crippen LogP contribution is 2.30. The largest absolute Gasteiger partial charge is 0.481 e. The first-order valence-electron chi connectivity index (χ1n) is 8.70. The zero-order valence-electron chi connectivity index (χ0n) is 14.1. The van der Waals surface area contributed by atoms with E-state index in [4.69, 9.17) is 11.6 Å². The number of benzene rings is 1. The number of fused-ring (bicyclic) bond motifs is 1. The molecule has 134 valence electrons. The van der Waals surface area contributed by atoms with Crippen LogP contribution in [0.15, 0.2) is 43.0 Å². The van der Waals surface area contributed by atoms with Crippen LogP contribution in [0.5, 0.6) is 0 Å². The van der Waals surface area contributed by atoms with Gasteiger partial charge in [0.1, 0.15) is 5.82 Å². The van der Waals surface area contributed by atoms with Crippen molar-refractivity contribution in [1.29, 1.82) is 0 Å². The summed E-state index contributed by atoms with van der Waals surface area (Å²) in [5.41, 5.74) is 1.68. The lowest BCUT2D eigenvalue weighted by atomic mass is 9.84. The number of anilines is 1. The molecule has 7 heteroatoms. The highest BCUT2D eigenvalue weighted by molar-refractivity contribution is 6.31. The maximum Gasteiger partial charge on any atom is 0.308 e. The van der Waals surface area contributed by atoms with Gasteiger partial charge in [-0.2, -0.15) is 0 Å². The Labute approximate surface area is 155 Å². The van der Waals surface area contributed by atoms with Gasteiger partial charge in [0.15, 0.2) is 0 Å². The van der Waals surface area contributed by atoms with Gasteiger partial charge in [-0.05, 0) is 31.0 Å². The van der Waals surface area contributed by atoms with E-state index in [0.717, 1.165) is 35.9 Å². The third-order valence-corrected chi connectivity index (χ3v) is 5.18. The third-order valence-electron chi connectivity index (χ3n) is 4.95. The van der Waals surface area contributed by atoms with E-state index in [-0.39, 0.29) is 6.04 Å². The molecule has 2 atom stereocenters. The SMILES string of the molecule is O=C(O)C1CCCCC1Nc1cc(-n2ccnc2)c2ccc(Cl)cc2n1. The third kappa shape index (κ3) is 3.24. The van der Waals surface area contributed by atoms with Crippen molar-refractivity contribution < 1.29 is 9.90 Å². The molecule has 0 bridgehead atoms. The van der Waals surface area contributed by atoms with Gasteiger partial charge in [0.25, 0.3) is 0 Å². The number of aliphatic carboxylic acids is 1. The normalized spacial score (nSPS) is 20.2. The topological polar surface area (TPSA) is 80.0 Å². The van der Waals surface area contributed by atoms with Crippen LogP contribution in [0, 0.1) is 5.92 Å². The van der Waals surface area contributed by atoms with Crippen LogP contribution < -0.4 is 5.32 Å². The quantitative estimate of drug-likeness (QED) is 0.721. The fourth-order valence-electron chi connectivity index (χ4n) is 3.66. The first-order valence-corrected chi connectivity index (χ1v) is 9.07. The first kappa shape index (κ1) is 16.8. The number of carboxylic acid groups (broad SMARTS) is 1. The lowest BCUT2D eigenvalue weighted by Crippen LogP contribution is -2.37. The minimum Gasteiger partial charge on any atom is -0.481 e. The van der Waals surface area contributed by atoms with Crippen molar-refractivity contribution in [1.82, 2.24) is 14.5 Å². The van der Waals surface area contributed by atoms with Crippen molar-refractivity contribution in [3.63, 3.8) is 0 Å². The fraction of sp³-hybridized carbons (Fsp3) is 0.316. The van der Waals surface area contributed by atoms with E-state index in [2.05, 4.69) is 15.3 Å². The summed E-state index contributed by atoms with van der Waals surface area (Å²) in [6.07, 6.45) is 8.82. The molecule has 2 unspecified atom stereocenters. The highest BCUT2D eigenvalue weighted by atomic mass is 35.5. The summed E-state index contributed by atoms with van der Waals surface area (Å²) in [5.74, 6) is -0.486. The minimum absolute atomic E-state index is 0.124. The van der Waals surface area contributed by atoms with Crippen molar-refractivity contribution in [2.24, 2.45) is 5.92 Å². The van der Waals surface area contributed by atoms with E-state index in [1.165, 1.54) is 0 Å². The number of hydrogen-bond acceptors (Lipinski definition) is 4. The molecule has 1 aliphatic carbocycles. The van der Waals surface area contributed by atoms with E-state index < -0.39 is 11.9 Å². The van der Waals surface area contributed by atoms with Crippen LogP contribution in [0.2, 0.25) is 5.02 Å². The van der Waals surface area contributed by atoms with E-state index in [1.54, 1.807) is 12.5 Å². The van der Waals surface area contributed by atoms with Gasteiger partial charge in [-0.3, -0.25) is 4.79 Å². The van der Waals surface area contributed by atoms with Gasteiger partial charge < -0.3 is 15.0 Å². The van der Waals surface area contributed by atoms with Crippen LogP contribution in [0.1, 0.15) is 25.7 Å². The molecule has 0 saturated heterocycles. The second-order valence-corrected chi connectivity index (χ2v) is 7.07. The number of hydrogen-bond donors (Lipinski definition) is 2. The van der Waals surface area contributed by atoms with Crippen molar-refractivity contribution in [3.05, 3.63) is 48.0 Å². The van der Waals surface area contributed by atoms with E-state index >= 15 is 0 Å². The predicted molar refractivity (Wildman–Crippen MR) is 101 cm³/mol. The van der Waals surface area contributed by atoms with Crippen LogP contribution in [0.4, 0.5) is 5.82 Å². The van der Waals surface area contributed by atoms with Crippen LogP contribution in [-0.4, -0.2) is 31.7 Å². The van der Waals surface area contributed by atoms with E-state index in [1.807, 2.05) is 35.0 Å². The average molecular weight is 371 g/mol. The fourth-order valence-corrected chi connectivity index (χ4v) is 3.83. The summed E-state index contributed by atoms with van der Waals surface area (Å²) in [7, 11) is 0. The number of carboxylic acids is 1. The molecule has 2 heterocycles. The Morgan fingerprint density at radius 3 is 2.88 bits per heavy atom. The smallest absolute Gasteiger partial charge is 0.308 e. The standard InChI is InChI=1S/C19H19ClN4O2/c20-12-5-6-13-16(9-12)23-18(10-17(13)24-8-7-21-11-24)22-15-4-2-1-3-14(15)19(25)26/h5-11,14-15H,1-4H2,(H,22,23)(H,25,26). The number of carbonyl (C=O) groups is 1. The number of imidazole rings is 1. The predicted octanol–water partition coefficient (Wildman–Crippen LogP) is 4.13. The molecule has 3 aromatic rings. The molecular weight excluding hydrogens is 352 g/mol. The molecule has 2 N–H and O–H groups in total. The molecule has 0 radical (unpaired) electrons. The Bertz CT molecular complexity index is 942. The second kappa shape index (κ2) is 6.96. The summed E-state index contributed by atoms with van der Waals surface area (Å²) >= 11 is 6.15. The van der Waals surface area contributed by atoms with Crippen LogP contribution in [-0.2, 0) is 4.79 Å². The second-order valence-electron chi connectivity index (χ2n) is 6.64. The van der Waals surface area contributed by atoms with Gasteiger partial charge in [0.2, 0.25) is 0 Å². The summed E-state index contributed by atoms with van der Waals surface area (Å²) in [6, 6.07) is 7.40. The number of aromatic nitrogens is 3. The van der Waals surface area contributed by atoms with Crippen LogP contribution in [0.3, 0.4) is 0 Å². The van der Waals surface area contributed by atoms with Gasteiger partial charge in [-0.1, -0.05) is 24.4 Å². The molecule has 1 aromatic carbocycles. The number of nitrogens with one attached hydrogen (secondary N) is 1. The van der Waals surface area contributed by atoms with Gasteiger partial charge in [-0.25, -0.2) is 9.97 Å². The Hall–Kier alpha value is -2.60. The minimum atomic E-state index is -0.749. The Morgan fingerprint density at radius 2 is 2.12 bits per heavy atom. The molecule has 1 aliphatic rings. The molecule has 0 spiro atoms. The molecule has 0 amide bonds. The Morgan fingerprint density at radius 1 is 1.27 bits per heavy atom. The molecule has 1 saturated carbocycles. The Balaban J connectivity index is 1.76. The molecule has 4 rings (SSSR count). The summed E-state index contributed by atoms with van der Waals surface area (Å²) in [5, 5.41) is 14.4. The van der Waals surface area contributed by atoms with Gasteiger partial charge in [-0.15, -0.1) is 0 Å². The van der Waals surface area contributed by atoms with Crippen molar-refractivity contribution in [2.45, 2.75) is 31.7 Å². The monoisotopic (exact) mass is 370 g/mol. The van der Waals surface area contributed by atoms with E-state index in [0.29, 0.717) is 17.3 Å². The van der Waals surface area contributed by atoms with Crippen molar-refractivity contribution in [3.8, 4) is 5.69 Å². The molecule has 0 aliphatic heterocycles. The molecule has 1 fully saturated rings. The van der Waals surface area contributed by atoms with Gasteiger partial charge in [0.05, 0.1) is 23.4 Å². The highest BCUT2D eigenvalue weighted by Gasteiger charge is 2.31. The number of nitrogens with zero attached hydrogens (tertiary/aromatic N) is 3. The first-order chi connectivity index (χ1) is 12.6. The van der Waals surface area contributed by atoms with Gasteiger partial charge >= 0.3 is 5.97 Å². The number of pyridine rings is 1. The molecule has 6 nitrogen and oxygen atoms in total. The van der Waals surface area contributed by atoms with Crippen molar-refractivity contribution in [2.75, 3.05) is 5.32 Å². The summed E-state index contributed by atoms with van der Waals surface area (Å²) < 4.78 is 1.92. The van der Waals surface area contributed by atoms with Crippen LogP contribution >= 0.6 is 11.6 Å². The van der Waals surface area contributed by atoms with Crippen molar-refractivity contribution >= 4 is 34.3 Å². The molecule has 26 heavy (non-hydrogen) atoms. The lowest BCUT2D eigenvalue weighted by Gasteiger charge is -2.30. The van der Waals surface area contributed by atoms with E-state index in [9.17, 15) is 9.90 Å². The number of halogens is 1. The average Bonchev–Trinajstić information content (AvgIpc) is 3.15. The molecular formula is C19H19ClN4O2. The Kier molecular flexibility index (Phi) is 4.51. The van der Waals surface area contributed by atoms with Crippen LogP contribution in [0.25, 0.3) is 16.6 Å².